The molecule has 0 saturated carbocycles. The Morgan fingerprint density at radius 1 is 1.57 bits per heavy atom. The largest absolute Gasteiger partial charge is 0.361 e. The molecule has 0 saturated heterocycles. The minimum Gasteiger partial charge on any atom is -0.361 e. The summed E-state index contributed by atoms with van der Waals surface area (Å²) in [5, 5.41) is 2.70. The number of benzene rings is 1. The average Bonchev–Trinajstić information content (AvgIpc) is 2.17. The molecule has 0 aliphatic carbocycles. The Balaban J connectivity index is 2.46. The van der Waals surface area contributed by atoms with Crippen LogP contribution in [0, 0.1) is 5.82 Å². The van der Waals surface area contributed by atoms with Crippen molar-refractivity contribution in [3.63, 3.8) is 0 Å². The number of likely N-dealkylation sites (N-methyl/N-ethyl adjacent to an activating group) is 1. The predicted octanol–water partition coefficient (Wildman–Crippen LogP) is 1.60. The highest BCUT2D eigenvalue weighted by Gasteiger charge is 2.20. The Bertz CT molecular complexity index is 378. The average molecular weight is 194 g/mol. The van der Waals surface area contributed by atoms with Crippen LogP contribution in [0.4, 0.5) is 15.8 Å². The van der Waals surface area contributed by atoms with Gasteiger partial charge in [-0.05, 0) is 25.1 Å². The van der Waals surface area contributed by atoms with E-state index in [4.69, 9.17) is 0 Å². The molecule has 0 spiro atoms. The van der Waals surface area contributed by atoms with Crippen molar-refractivity contribution < 1.29 is 9.18 Å². The number of hydrogen-bond donors (Lipinski definition) is 1. The van der Waals surface area contributed by atoms with Gasteiger partial charge in [0.15, 0.2) is 0 Å². The zero-order chi connectivity index (χ0) is 10.1. The fourth-order valence-corrected chi connectivity index (χ4v) is 1.60. The maximum Gasteiger partial charge on any atom is 0.243 e. The molecule has 0 atom stereocenters. The van der Waals surface area contributed by atoms with E-state index >= 15 is 0 Å². The molecule has 74 valence electrons. The van der Waals surface area contributed by atoms with Crippen LogP contribution in [0.25, 0.3) is 0 Å². The Morgan fingerprint density at radius 3 is 3.07 bits per heavy atom. The van der Waals surface area contributed by atoms with Crippen LogP contribution in [0.1, 0.15) is 6.92 Å². The molecule has 14 heavy (non-hydrogen) atoms. The van der Waals surface area contributed by atoms with E-state index in [1.807, 2.05) is 11.8 Å². The maximum absolute atomic E-state index is 13.0. The number of halogens is 1. The summed E-state index contributed by atoms with van der Waals surface area (Å²) < 4.78 is 13.0. The van der Waals surface area contributed by atoms with E-state index < -0.39 is 0 Å². The first-order valence-electron chi connectivity index (χ1n) is 4.55. The third-order valence-corrected chi connectivity index (χ3v) is 2.29. The lowest BCUT2D eigenvalue weighted by Gasteiger charge is -2.29. The standard InChI is InChI=1S/C10H11FN2O/c1-2-13-6-10(14)12-8-4-3-7(11)5-9(8)13/h3-5H,2,6H2,1H3,(H,12,14). The smallest absolute Gasteiger partial charge is 0.243 e. The lowest BCUT2D eigenvalue weighted by atomic mass is 10.2. The number of amides is 1. The highest BCUT2D eigenvalue weighted by Crippen LogP contribution is 2.29. The molecule has 1 aliphatic rings. The van der Waals surface area contributed by atoms with E-state index in [1.54, 1.807) is 6.07 Å². The van der Waals surface area contributed by atoms with Crippen LogP contribution in [0.3, 0.4) is 0 Å². The first-order chi connectivity index (χ1) is 6.70. The second kappa shape index (κ2) is 3.29. The number of nitrogens with one attached hydrogen (secondary N) is 1. The SMILES string of the molecule is CCN1CC(=O)Nc2ccc(F)cc21. The number of fused-ring (bicyclic) bond motifs is 1. The molecule has 0 bridgehead atoms. The molecule has 1 aliphatic heterocycles. The number of rotatable bonds is 1. The van der Waals surface area contributed by atoms with Gasteiger partial charge in [0.1, 0.15) is 5.82 Å². The Morgan fingerprint density at radius 2 is 2.36 bits per heavy atom. The number of hydrogen-bond acceptors (Lipinski definition) is 2. The van der Waals surface area contributed by atoms with Gasteiger partial charge in [-0.1, -0.05) is 0 Å². The normalized spacial score (nSPS) is 15.0. The van der Waals surface area contributed by atoms with E-state index in [1.165, 1.54) is 12.1 Å². The van der Waals surface area contributed by atoms with Crippen molar-refractivity contribution in [3.05, 3.63) is 24.0 Å². The molecular weight excluding hydrogens is 183 g/mol. The highest BCUT2D eigenvalue weighted by molar-refractivity contribution is 6.01. The molecule has 0 radical (unpaired) electrons. The summed E-state index contributed by atoms with van der Waals surface area (Å²) in [6, 6.07) is 4.38. The van der Waals surface area contributed by atoms with Crippen LogP contribution in [-0.4, -0.2) is 19.0 Å². The van der Waals surface area contributed by atoms with Crippen LogP contribution < -0.4 is 10.2 Å². The lowest BCUT2D eigenvalue weighted by Crippen LogP contribution is -2.38. The van der Waals surface area contributed by atoms with Crippen molar-refractivity contribution in [2.75, 3.05) is 23.3 Å². The first kappa shape index (κ1) is 8.99. The quantitative estimate of drug-likeness (QED) is 0.736. The second-order valence-electron chi connectivity index (χ2n) is 3.22. The van der Waals surface area contributed by atoms with E-state index in [2.05, 4.69) is 5.32 Å². The molecule has 1 amide bonds. The fraction of sp³-hybridized carbons (Fsp3) is 0.300. The fourth-order valence-electron chi connectivity index (χ4n) is 1.60. The monoisotopic (exact) mass is 194 g/mol. The van der Waals surface area contributed by atoms with E-state index in [9.17, 15) is 9.18 Å². The van der Waals surface area contributed by atoms with Crippen LogP contribution in [0.2, 0.25) is 0 Å². The highest BCUT2D eigenvalue weighted by atomic mass is 19.1. The molecule has 3 nitrogen and oxygen atoms in total. The lowest BCUT2D eigenvalue weighted by molar-refractivity contribution is -0.115. The van der Waals surface area contributed by atoms with Gasteiger partial charge in [-0.2, -0.15) is 0 Å². The summed E-state index contributed by atoms with van der Waals surface area (Å²) in [7, 11) is 0. The van der Waals surface area contributed by atoms with Crippen molar-refractivity contribution in [2.24, 2.45) is 0 Å². The van der Waals surface area contributed by atoms with Gasteiger partial charge in [0.25, 0.3) is 0 Å². The molecule has 1 aromatic rings. The number of nitrogens with zero attached hydrogens (tertiary/aromatic N) is 1. The van der Waals surface area contributed by atoms with Gasteiger partial charge >= 0.3 is 0 Å². The molecule has 0 fully saturated rings. The maximum atomic E-state index is 13.0. The molecule has 1 N–H and O–H groups in total. The van der Waals surface area contributed by atoms with Gasteiger partial charge in [0.05, 0.1) is 17.9 Å². The number of carbonyl (C=O) groups is 1. The molecular formula is C10H11FN2O. The predicted molar refractivity (Wildman–Crippen MR) is 52.9 cm³/mol. The first-order valence-corrected chi connectivity index (χ1v) is 4.55. The summed E-state index contributed by atoms with van der Waals surface area (Å²) >= 11 is 0. The van der Waals surface area contributed by atoms with E-state index in [-0.39, 0.29) is 11.7 Å². The van der Waals surface area contributed by atoms with Gasteiger partial charge in [0.2, 0.25) is 5.91 Å². The third-order valence-electron chi connectivity index (χ3n) is 2.29. The van der Waals surface area contributed by atoms with Gasteiger partial charge < -0.3 is 10.2 Å². The number of carbonyl (C=O) groups excluding carboxylic acids is 1. The molecule has 0 unspecified atom stereocenters. The molecule has 0 aromatic heterocycles. The van der Waals surface area contributed by atoms with Crippen molar-refractivity contribution in [2.45, 2.75) is 6.92 Å². The summed E-state index contributed by atoms with van der Waals surface area (Å²) in [5.74, 6) is -0.329. The summed E-state index contributed by atoms with van der Waals surface area (Å²) in [6.07, 6.45) is 0. The molecule has 1 heterocycles. The summed E-state index contributed by atoms with van der Waals surface area (Å²) in [4.78, 5) is 13.1. The van der Waals surface area contributed by atoms with E-state index in [0.717, 1.165) is 5.69 Å². The van der Waals surface area contributed by atoms with E-state index in [0.29, 0.717) is 18.8 Å². The van der Waals surface area contributed by atoms with Crippen molar-refractivity contribution in [3.8, 4) is 0 Å². The van der Waals surface area contributed by atoms with Crippen LogP contribution in [-0.2, 0) is 4.79 Å². The second-order valence-corrected chi connectivity index (χ2v) is 3.22. The van der Waals surface area contributed by atoms with Crippen LogP contribution in [0.15, 0.2) is 18.2 Å². The topological polar surface area (TPSA) is 32.3 Å². The Labute approximate surface area is 81.5 Å². The van der Waals surface area contributed by atoms with Gasteiger partial charge in [0, 0.05) is 6.54 Å². The van der Waals surface area contributed by atoms with Gasteiger partial charge in [-0.3, -0.25) is 4.79 Å². The van der Waals surface area contributed by atoms with Crippen LogP contribution >= 0.6 is 0 Å². The zero-order valence-electron chi connectivity index (χ0n) is 7.88. The van der Waals surface area contributed by atoms with Crippen molar-refractivity contribution >= 4 is 17.3 Å². The van der Waals surface area contributed by atoms with Gasteiger partial charge in [-0.25, -0.2) is 4.39 Å². The Hall–Kier alpha value is -1.58. The number of anilines is 2. The van der Waals surface area contributed by atoms with Gasteiger partial charge in [-0.15, -0.1) is 0 Å². The van der Waals surface area contributed by atoms with Crippen molar-refractivity contribution in [1.29, 1.82) is 0 Å². The summed E-state index contributed by atoms with van der Waals surface area (Å²) in [6.45, 7) is 2.93. The van der Waals surface area contributed by atoms with Crippen molar-refractivity contribution in [1.82, 2.24) is 0 Å². The molecule has 4 heteroatoms. The Kier molecular flexibility index (Phi) is 2.11. The third kappa shape index (κ3) is 1.43. The van der Waals surface area contributed by atoms with Crippen LogP contribution in [0.5, 0.6) is 0 Å². The molecule has 1 aromatic carbocycles. The minimum atomic E-state index is -0.279. The minimum absolute atomic E-state index is 0.0500. The zero-order valence-corrected chi connectivity index (χ0v) is 7.88. The summed E-state index contributed by atoms with van der Waals surface area (Å²) in [5.41, 5.74) is 1.44. The molecule has 2 rings (SSSR count).